The first kappa shape index (κ1) is 20.1. The summed E-state index contributed by atoms with van der Waals surface area (Å²) in [5, 5.41) is 15.2. The Morgan fingerprint density at radius 3 is 2.38 bits per heavy atom. The van der Waals surface area contributed by atoms with Crippen LogP contribution in [-0.2, 0) is 6.54 Å². The van der Waals surface area contributed by atoms with Gasteiger partial charge in [-0.2, -0.15) is 18.3 Å². The molecule has 7 nitrogen and oxygen atoms in total. The Kier molecular flexibility index (Phi) is 5.62. The third-order valence-corrected chi connectivity index (χ3v) is 4.09. The molecule has 0 aliphatic heterocycles. The molecule has 0 aliphatic carbocycles. The summed E-state index contributed by atoms with van der Waals surface area (Å²) in [5.41, 5.74) is 0.334. The Morgan fingerprint density at radius 2 is 1.79 bits per heavy atom. The van der Waals surface area contributed by atoms with E-state index in [1.807, 2.05) is 0 Å². The van der Waals surface area contributed by atoms with Gasteiger partial charge in [-0.25, -0.2) is 4.68 Å². The van der Waals surface area contributed by atoms with Gasteiger partial charge < -0.3 is 4.90 Å². The highest BCUT2D eigenvalue weighted by Gasteiger charge is 2.34. The van der Waals surface area contributed by atoms with Crippen molar-refractivity contribution in [2.45, 2.75) is 12.7 Å². The van der Waals surface area contributed by atoms with Crippen molar-refractivity contribution in [2.75, 3.05) is 6.54 Å². The molecule has 0 unspecified atom stereocenters. The molecule has 0 atom stereocenters. The van der Waals surface area contributed by atoms with Crippen molar-refractivity contribution >= 4 is 11.6 Å². The second-order valence-electron chi connectivity index (χ2n) is 6.16. The largest absolute Gasteiger partial charge is 0.406 e. The van der Waals surface area contributed by atoms with Crippen LogP contribution in [0.3, 0.4) is 0 Å². The fraction of sp³-hybridized carbons (Fsp3) is 0.158. The molecule has 3 rings (SSSR count). The standard InChI is InChI=1S/C19H15F3N4O3/c20-19(21,22)13-24(12-15-4-1-2-5-17(15)26(28)29)18(27)14-6-8-16(9-7-14)25-11-3-10-23-25/h1-11H,12-13H2. The highest BCUT2D eigenvalue weighted by Crippen LogP contribution is 2.24. The molecular weight excluding hydrogens is 389 g/mol. The lowest BCUT2D eigenvalue weighted by Gasteiger charge is -2.24. The number of para-hydroxylation sites is 1. The number of hydrogen-bond acceptors (Lipinski definition) is 4. The quantitative estimate of drug-likeness (QED) is 0.460. The van der Waals surface area contributed by atoms with Crippen molar-refractivity contribution in [3.8, 4) is 5.69 Å². The number of benzene rings is 2. The fourth-order valence-corrected chi connectivity index (χ4v) is 2.81. The molecular formula is C19H15F3N4O3. The molecule has 0 bridgehead atoms. The van der Waals surface area contributed by atoms with Gasteiger partial charge in [0.2, 0.25) is 0 Å². The summed E-state index contributed by atoms with van der Waals surface area (Å²) in [7, 11) is 0. The third-order valence-electron chi connectivity index (χ3n) is 4.09. The van der Waals surface area contributed by atoms with Gasteiger partial charge in [-0.15, -0.1) is 0 Å². The van der Waals surface area contributed by atoms with Crippen LogP contribution < -0.4 is 0 Å². The topological polar surface area (TPSA) is 81.3 Å². The average molecular weight is 404 g/mol. The molecule has 0 aliphatic rings. The number of hydrogen-bond donors (Lipinski definition) is 0. The average Bonchev–Trinajstić information content (AvgIpc) is 3.21. The summed E-state index contributed by atoms with van der Waals surface area (Å²) in [6.45, 7) is -2.07. The van der Waals surface area contributed by atoms with Crippen molar-refractivity contribution < 1.29 is 22.9 Å². The van der Waals surface area contributed by atoms with E-state index < -0.39 is 30.1 Å². The maximum Gasteiger partial charge on any atom is 0.406 e. The normalized spacial score (nSPS) is 11.3. The van der Waals surface area contributed by atoms with E-state index in [2.05, 4.69) is 5.10 Å². The Balaban J connectivity index is 1.88. The number of aromatic nitrogens is 2. The van der Waals surface area contributed by atoms with Gasteiger partial charge in [-0.1, -0.05) is 18.2 Å². The van der Waals surface area contributed by atoms with E-state index in [-0.39, 0.29) is 16.8 Å². The fourth-order valence-electron chi connectivity index (χ4n) is 2.81. The van der Waals surface area contributed by atoms with E-state index in [0.717, 1.165) is 0 Å². The minimum Gasteiger partial charge on any atom is -0.325 e. The monoisotopic (exact) mass is 404 g/mol. The van der Waals surface area contributed by atoms with Gasteiger partial charge in [0, 0.05) is 29.6 Å². The van der Waals surface area contributed by atoms with E-state index in [9.17, 15) is 28.1 Å². The van der Waals surface area contributed by atoms with Crippen LogP contribution >= 0.6 is 0 Å². The molecule has 0 saturated heterocycles. The molecule has 1 aromatic heterocycles. The summed E-state index contributed by atoms with van der Waals surface area (Å²) in [4.78, 5) is 23.7. The molecule has 150 valence electrons. The number of carbonyl (C=O) groups excluding carboxylic acids is 1. The Bertz CT molecular complexity index is 1000. The Morgan fingerprint density at radius 1 is 1.10 bits per heavy atom. The van der Waals surface area contributed by atoms with Gasteiger partial charge in [0.05, 0.1) is 17.2 Å². The van der Waals surface area contributed by atoms with Crippen LogP contribution in [0.1, 0.15) is 15.9 Å². The first-order chi connectivity index (χ1) is 13.7. The zero-order chi connectivity index (χ0) is 21.0. The lowest BCUT2D eigenvalue weighted by Crippen LogP contribution is -2.38. The summed E-state index contributed by atoms with van der Waals surface area (Å²) in [5.74, 6) is -0.882. The highest BCUT2D eigenvalue weighted by molar-refractivity contribution is 5.94. The van der Waals surface area contributed by atoms with E-state index >= 15 is 0 Å². The van der Waals surface area contributed by atoms with E-state index in [1.54, 1.807) is 30.6 Å². The summed E-state index contributed by atoms with van der Waals surface area (Å²) in [6, 6.07) is 13.0. The van der Waals surface area contributed by atoms with Gasteiger partial charge >= 0.3 is 6.18 Å². The van der Waals surface area contributed by atoms with E-state index in [4.69, 9.17) is 0 Å². The minimum absolute atomic E-state index is 0.0169. The van der Waals surface area contributed by atoms with Crippen LogP contribution in [0.4, 0.5) is 18.9 Å². The maximum absolute atomic E-state index is 13.1. The van der Waals surface area contributed by atoms with Gasteiger partial charge in [0.25, 0.3) is 11.6 Å². The predicted octanol–water partition coefficient (Wildman–Crippen LogP) is 3.99. The molecule has 0 fully saturated rings. The maximum atomic E-state index is 13.1. The molecule has 1 amide bonds. The molecule has 0 saturated carbocycles. The van der Waals surface area contributed by atoms with E-state index in [0.29, 0.717) is 10.6 Å². The molecule has 29 heavy (non-hydrogen) atoms. The molecule has 2 aromatic carbocycles. The molecule has 0 radical (unpaired) electrons. The number of amides is 1. The van der Waals surface area contributed by atoms with Crippen molar-refractivity contribution in [1.82, 2.24) is 14.7 Å². The summed E-state index contributed by atoms with van der Waals surface area (Å²) in [6.07, 6.45) is -1.41. The number of nitrogens with zero attached hydrogens (tertiary/aromatic N) is 4. The SMILES string of the molecule is O=C(c1ccc(-n2cccn2)cc1)N(Cc1ccccc1[N+](=O)[O-])CC(F)(F)F. The number of nitro groups is 1. The number of alkyl halides is 3. The second-order valence-corrected chi connectivity index (χ2v) is 6.16. The third kappa shape index (κ3) is 4.98. The first-order valence-electron chi connectivity index (χ1n) is 8.43. The number of carbonyl (C=O) groups is 1. The van der Waals surface area contributed by atoms with Crippen molar-refractivity contribution in [3.05, 3.63) is 88.2 Å². The van der Waals surface area contributed by atoms with Crippen molar-refractivity contribution in [3.63, 3.8) is 0 Å². The highest BCUT2D eigenvalue weighted by atomic mass is 19.4. The summed E-state index contributed by atoms with van der Waals surface area (Å²) >= 11 is 0. The Labute approximate surface area is 163 Å². The first-order valence-corrected chi connectivity index (χ1v) is 8.43. The van der Waals surface area contributed by atoms with Crippen molar-refractivity contribution in [1.29, 1.82) is 0 Å². The molecule has 10 heteroatoms. The smallest absolute Gasteiger partial charge is 0.325 e. The van der Waals surface area contributed by atoms with E-state index in [1.165, 1.54) is 41.1 Å². The van der Waals surface area contributed by atoms with Gasteiger partial charge in [0.1, 0.15) is 6.54 Å². The summed E-state index contributed by atoms with van der Waals surface area (Å²) < 4.78 is 40.7. The van der Waals surface area contributed by atoms with Crippen LogP contribution in [0.2, 0.25) is 0 Å². The molecule has 0 N–H and O–H groups in total. The van der Waals surface area contributed by atoms with Crippen LogP contribution in [0.25, 0.3) is 5.69 Å². The zero-order valence-corrected chi connectivity index (χ0v) is 14.9. The lowest BCUT2D eigenvalue weighted by atomic mass is 10.1. The molecule has 1 heterocycles. The Hall–Kier alpha value is -3.69. The minimum atomic E-state index is -4.66. The molecule has 3 aromatic rings. The van der Waals surface area contributed by atoms with Crippen LogP contribution in [0.15, 0.2) is 67.0 Å². The zero-order valence-electron chi connectivity index (χ0n) is 14.9. The second kappa shape index (κ2) is 8.13. The van der Waals surface area contributed by atoms with Crippen LogP contribution in [0.5, 0.6) is 0 Å². The van der Waals surface area contributed by atoms with Crippen LogP contribution in [0, 0.1) is 10.1 Å². The molecule has 0 spiro atoms. The van der Waals surface area contributed by atoms with Gasteiger partial charge in [-0.3, -0.25) is 14.9 Å². The number of halogens is 3. The number of rotatable bonds is 6. The van der Waals surface area contributed by atoms with Crippen molar-refractivity contribution in [2.24, 2.45) is 0 Å². The van der Waals surface area contributed by atoms with Gasteiger partial charge in [-0.05, 0) is 30.3 Å². The van der Waals surface area contributed by atoms with Gasteiger partial charge in [0.15, 0.2) is 0 Å². The lowest BCUT2D eigenvalue weighted by molar-refractivity contribution is -0.385. The predicted molar refractivity (Wildman–Crippen MR) is 97.5 cm³/mol. The number of nitro benzene ring substituents is 1. The van der Waals surface area contributed by atoms with Crippen LogP contribution in [-0.4, -0.2) is 38.2 Å².